The maximum absolute atomic E-state index is 4.78. The number of rotatable bonds is 2. The quantitative estimate of drug-likeness (QED) is 0.497. The standard InChI is InChI=1S/C16H18BN4S2/c1-18-11-7-3-5-9-13(11)20(15(18)22)17-21-14-10-6-4-8-12(14)19(2)16(21)23/h3-10,15-16,22-23H,1-2H3. The molecule has 4 nitrogen and oxygen atoms in total. The maximum atomic E-state index is 4.78. The van der Waals surface area contributed by atoms with Crippen LogP contribution in [-0.4, -0.2) is 32.6 Å². The van der Waals surface area contributed by atoms with Gasteiger partial charge in [-0.15, -0.1) is 17.5 Å². The van der Waals surface area contributed by atoms with Crippen molar-refractivity contribution in [3.63, 3.8) is 0 Å². The summed E-state index contributed by atoms with van der Waals surface area (Å²) in [5, 5.41) is 0. The van der Waals surface area contributed by atoms with Crippen LogP contribution in [0.15, 0.2) is 48.5 Å². The van der Waals surface area contributed by atoms with E-state index in [1.807, 2.05) is 0 Å². The number of fused-ring (bicyclic) bond motifs is 2. The molecular formula is C16H18BN4S2. The van der Waals surface area contributed by atoms with Crippen LogP contribution in [0.25, 0.3) is 0 Å². The Hall–Kier alpha value is -1.44. The largest absolute Gasteiger partial charge is 0.559 e. The van der Waals surface area contributed by atoms with E-state index in [9.17, 15) is 0 Å². The van der Waals surface area contributed by atoms with E-state index in [-0.39, 0.29) is 11.0 Å². The molecule has 4 rings (SSSR count). The average molecular weight is 341 g/mol. The molecule has 0 spiro atoms. The summed E-state index contributed by atoms with van der Waals surface area (Å²) in [6.07, 6.45) is 0. The van der Waals surface area contributed by atoms with Crippen LogP contribution in [0.4, 0.5) is 22.7 Å². The molecule has 0 saturated carbocycles. The zero-order valence-corrected chi connectivity index (χ0v) is 14.8. The fourth-order valence-electron chi connectivity index (χ4n) is 3.21. The Morgan fingerprint density at radius 3 is 2.26 bits per heavy atom. The van der Waals surface area contributed by atoms with Gasteiger partial charge in [0.25, 0.3) is 0 Å². The molecule has 2 aromatic rings. The summed E-state index contributed by atoms with van der Waals surface area (Å²) >= 11 is 9.56. The van der Waals surface area contributed by atoms with Gasteiger partial charge in [-0.05, 0) is 18.2 Å². The van der Waals surface area contributed by atoms with E-state index in [0.29, 0.717) is 0 Å². The molecule has 0 N–H and O–H groups in total. The van der Waals surface area contributed by atoms with Crippen molar-refractivity contribution < 1.29 is 0 Å². The summed E-state index contributed by atoms with van der Waals surface area (Å²) in [5.74, 6) is 0. The summed E-state index contributed by atoms with van der Waals surface area (Å²) < 4.78 is 0. The molecule has 2 aliphatic rings. The first-order valence-corrected chi connectivity index (χ1v) is 8.54. The fourth-order valence-corrected chi connectivity index (χ4v) is 3.83. The van der Waals surface area contributed by atoms with Gasteiger partial charge in [-0.2, -0.15) is 0 Å². The number of nitrogens with zero attached hydrogens (tertiary/aromatic N) is 4. The molecule has 2 atom stereocenters. The zero-order chi connectivity index (χ0) is 16.1. The van der Waals surface area contributed by atoms with Crippen molar-refractivity contribution in [3.05, 3.63) is 48.5 Å². The molecule has 23 heavy (non-hydrogen) atoms. The highest BCUT2D eigenvalue weighted by Crippen LogP contribution is 2.42. The van der Waals surface area contributed by atoms with Gasteiger partial charge in [0.1, 0.15) is 12.5 Å². The number of anilines is 4. The van der Waals surface area contributed by atoms with E-state index in [0.717, 1.165) is 11.4 Å². The van der Waals surface area contributed by atoms with Gasteiger partial charge in [-0.25, -0.2) is 0 Å². The summed E-state index contributed by atoms with van der Waals surface area (Å²) in [5.41, 5.74) is 4.60. The molecule has 0 fully saturated rings. The Morgan fingerprint density at radius 2 is 1.52 bits per heavy atom. The van der Waals surface area contributed by atoms with Crippen LogP contribution in [0.3, 0.4) is 0 Å². The molecule has 117 valence electrons. The van der Waals surface area contributed by atoms with E-state index in [1.165, 1.54) is 11.4 Å². The van der Waals surface area contributed by atoms with Crippen molar-refractivity contribution in [1.29, 1.82) is 0 Å². The molecule has 0 aliphatic carbocycles. The Morgan fingerprint density at radius 1 is 0.913 bits per heavy atom. The molecule has 2 aromatic carbocycles. The lowest BCUT2D eigenvalue weighted by Crippen LogP contribution is -2.51. The molecule has 2 unspecified atom stereocenters. The van der Waals surface area contributed by atoms with Gasteiger partial charge in [-0.3, -0.25) is 0 Å². The van der Waals surface area contributed by atoms with Crippen molar-refractivity contribution in [3.8, 4) is 0 Å². The molecule has 0 saturated heterocycles. The highest BCUT2D eigenvalue weighted by Gasteiger charge is 2.36. The van der Waals surface area contributed by atoms with Crippen molar-refractivity contribution in [2.75, 3.05) is 28.6 Å². The van der Waals surface area contributed by atoms with Gasteiger partial charge in [-0.1, -0.05) is 44.4 Å². The lowest BCUT2D eigenvalue weighted by atomic mass is 10.0. The third-order valence-electron chi connectivity index (χ3n) is 4.52. The highest BCUT2D eigenvalue weighted by atomic mass is 32.1. The monoisotopic (exact) mass is 341 g/mol. The van der Waals surface area contributed by atoms with Gasteiger partial charge in [0.15, 0.2) is 0 Å². The Kier molecular flexibility index (Phi) is 3.67. The molecule has 0 aromatic heterocycles. The number of benzene rings is 2. The van der Waals surface area contributed by atoms with Gasteiger partial charge in [0.05, 0.1) is 11.4 Å². The molecule has 3 radical (unpaired) electrons. The minimum absolute atomic E-state index is 0.0361. The topological polar surface area (TPSA) is 15.6 Å². The number of para-hydroxylation sites is 4. The third kappa shape index (κ3) is 2.22. The SMILES string of the molecule is CN1c2ccccc2N([B-]N2c3ccccc3[N+](C)C2S)C1S. The van der Waals surface area contributed by atoms with Gasteiger partial charge < -0.3 is 14.5 Å². The highest BCUT2D eigenvalue weighted by molar-refractivity contribution is 7.81. The predicted molar refractivity (Wildman–Crippen MR) is 105 cm³/mol. The summed E-state index contributed by atoms with van der Waals surface area (Å²) in [7, 11) is 6.24. The normalized spacial score (nSPS) is 23.4. The molecule has 2 aliphatic heterocycles. The van der Waals surface area contributed by atoms with Crippen molar-refractivity contribution in [1.82, 2.24) is 4.90 Å². The van der Waals surface area contributed by atoms with Crippen molar-refractivity contribution in [2.24, 2.45) is 0 Å². The van der Waals surface area contributed by atoms with Crippen LogP contribution in [0.2, 0.25) is 0 Å². The first kappa shape index (κ1) is 15.1. The molecule has 7 heteroatoms. The van der Waals surface area contributed by atoms with Crippen molar-refractivity contribution in [2.45, 2.75) is 11.0 Å². The van der Waals surface area contributed by atoms with Crippen LogP contribution in [0.5, 0.6) is 0 Å². The second-order valence-corrected chi connectivity index (χ2v) is 6.75. The minimum atomic E-state index is -0.0361. The first-order valence-electron chi connectivity index (χ1n) is 7.51. The van der Waals surface area contributed by atoms with Gasteiger partial charge in [0, 0.05) is 18.8 Å². The number of thiol groups is 2. The maximum Gasteiger partial charge on any atom is 0.219 e. The zero-order valence-electron chi connectivity index (χ0n) is 13.0. The van der Waals surface area contributed by atoms with Crippen LogP contribution in [-0.2, 0) is 0 Å². The van der Waals surface area contributed by atoms with Crippen molar-refractivity contribution >= 4 is 55.6 Å². The van der Waals surface area contributed by atoms with E-state index >= 15 is 0 Å². The second-order valence-electron chi connectivity index (χ2n) is 5.82. The predicted octanol–water partition coefficient (Wildman–Crippen LogP) is 2.83. The van der Waals surface area contributed by atoms with Crippen LogP contribution in [0.1, 0.15) is 0 Å². The smallest absolute Gasteiger partial charge is 0.219 e. The Labute approximate surface area is 148 Å². The van der Waals surface area contributed by atoms with E-state index in [1.54, 1.807) is 0 Å². The summed E-state index contributed by atoms with van der Waals surface area (Å²) in [6, 6.07) is 16.7. The number of hydrogen-bond donors (Lipinski definition) is 2. The van der Waals surface area contributed by atoms with Crippen LogP contribution < -0.4 is 19.4 Å². The first-order chi connectivity index (χ1) is 11.1. The number of hydrogen-bond acceptors (Lipinski definition) is 6. The molecular weight excluding hydrogens is 323 g/mol. The molecule has 2 heterocycles. The Bertz CT molecular complexity index is 682. The summed E-state index contributed by atoms with van der Waals surface area (Å²) in [4.78, 5) is 8.68. The third-order valence-corrected chi connectivity index (χ3v) is 5.71. The summed E-state index contributed by atoms with van der Waals surface area (Å²) in [6.45, 7) is 0. The minimum Gasteiger partial charge on any atom is -0.559 e. The lowest BCUT2D eigenvalue weighted by molar-refractivity contribution is 0.641. The van der Waals surface area contributed by atoms with E-state index in [4.69, 9.17) is 25.3 Å². The van der Waals surface area contributed by atoms with Gasteiger partial charge >= 0.3 is 0 Å². The Balaban J connectivity index is 1.69. The van der Waals surface area contributed by atoms with Crippen LogP contribution >= 0.6 is 25.3 Å². The molecule has 0 amide bonds. The fraction of sp³-hybridized carbons (Fsp3) is 0.250. The van der Waals surface area contributed by atoms with E-state index in [2.05, 4.69) is 89.6 Å². The lowest BCUT2D eigenvalue weighted by Gasteiger charge is -2.45. The van der Waals surface area contributed by atoms with Crippen LogP contribution in [0, 0.1) is 0 Å². The second kappa shape index (κ2) is 5.58. The average Bonchev–Trinajstić information content (AvgIpc) is 2.97. The van der Waals surface area contributed by atoms with Gasteiger partial charge in [0.2, 0.25) is 11.2 Å². The molecule has 0 bridgehead atoms. The van der Waals surface area contributed by atoms with E-state index < -0.39 is 0 Å².